The summed E-state index contributed by atoms with van der Waals surface area (Å²) in [4.78, 5) is 11.7. The van der Waals surface area contributed by atoms with E-state index in [-0.39, 0.29) is 9.92 Å². The molecule has 2 aromatic carbocycles. The number of benzene rings is 2. The van der Waals surface area contributed by atoms with E-state index in [0.29, 0.717) is 11.5 Å². The van der Waals surface area contributed by atoms with Gasteiger partial charge in [-0.15, -0.1) is 0 Å². The molecule has 6 nitrogen and oxygen atoms in total. The van der Waals surface area contributed by atoms with Gasteiger partial charge in [-0.25, -0.2) is 8.42 Å². The van der Waals surface area contributed by atoms with Crippen LogP contribution in [0.15, 0.2) is 47.4 Å². The van der Waals surface area contributed by atoms with Crippen LogP contribution < -0.4 is 14.2 Å². The van der Waals surface area contributed by atoms with Gasteiger partial charge in [0.05, 0.1) is 17.0 Å². The molecule has 0 aromatic heterocycles. The molecule has 0 spiro atoms. The Morgan fingerprint density at radius 3 is 2.58 bits per heavy atom. The largest absolute Gasteiger partial charge is 0.495 e. The van der Waals surface area contributed by atoms with Crippen molar-refractivity contribution in [1.82, 2.24) is 4.72 Å². The quantitative estimate of drug-likeness (QED) is 0.625. The molecule has 8 heteroatoms. The molecule has 0 aliphatic rings. The van der Waals surface area contributed by atoms with Gasteiger partial charge < -0.3 is 9.47 Å². The molecule has 0 aliphatic heterocycles. The second-order valence-corrected chi connectivity index (χ2v) is 7.09. The molecule has 0 unspecified atom stereocenters. The van der Waals surface area contributed by atoms with E-state index in [1.54, 1.807) is 18.2 Å². The predicted octanol–water partition coefficient (Wildman–Crippen LogP) is 2.54. The van der Waals surface area contributed by atoms with Crippen LogP contribution in [0.4, 0.5) is 0 Å². The number of esters is 1. The number of hydrogen-bond acceptors (Lipinski definition) is 5. The summed E-state index contributed by atoms with van der Waals surface area (Å²) in [5.74, 6) is -0.00931. The summed E-state index contributed by atoms with van der Waals surface area (Å²) in [6.45, 7) is 1.35. The van der Waals surface area contributed by atoms with Crippen molar-refractivity contribution < 1.29 is 22.7 Å². The van der Waals surface area contributed by atoms with Gasteiger partial charge in [0, 0.05) is 0 Å². The zero-order chi connectivity index (χ0) is 17.7. The average Bonchev–Trinajstić information content (AvgIpc) is 2.53. The van der Waals surface area contributed by atoms with Crippen LogP contribution in [-0.2, 0) is 14.8 Å². The number of sulfonamides is 1. The van der Waals surface area contributed by atoms with Gasteiger partial charge in [-0.3, -0.25) is 4.79 Å². The molecule has 0 atom stereocenters. The van der Waals surface area contributed by atoms with Crippen LogP contribution in [0.25, 0.3) is 0 Å². The van der Waals surface area contributed by atoms with Gasteiger partial charge in [0.2, 0.25) is 10.0 Å². The summed E-state index contributed by atoms with van der Waals surface area (Å²) >= 11 is 5.91. The zero-order valence-electron chi connectivity index (χ0n) is 13.1. The molecule has 0 fully saturated rings. The first-order valence-electron chi connectivity index (χ1n) is 6.92. The first-order chi connectivity index (χ1) is 11.3. The first-order valence-corrected chi connectivity index (χ1v) is 8.78. The Kier molecular flexibility index (Phi) is 5.82. The summed E-state index contributed by atoms with van der Waals surface area (Å²) < 4.78 is 36.6. The summed E-state index contributed by atoms with van der Waals surface area (Å²) in [5, 5.41) is 0.155. The van der Waals surface area contributed by atoms with Gasteiger partial charge in [0.1, 0.15) is 18.0 Å². The number of hydrogen-bond donors (Lipinski definition) is 1. The highest BCUT2D eigenvalue weighted by Gasteiger charge is 2.18. The van der Waals surface area contributed by atoms with Crippen molar-refractivity contribution in [2.75, 3.05) is 13.7 Å². The maximum absolute atomic E-state index is 12.2. The van der Waals surface area contributed by atoms with Crippen LogP contribution in [0.3, 0.4) is 0 Å². The summed E-state index contributed by atoms with van der Waals surface area (Å²) in [6.07, 6.45) is 0. The van der Waals surface area contributed by atoms with E-state index in [4.69, 9.17) is 21.1 Å². The van der Waals surface area contributed by atoms with Crippen LogP contribution in [0.2, 0.25) is 5.02 Å². The number of carbonyl (C=O) groups excluding carboxylic acids is 1. The topological polar surface area (TPSA) is 81.7 Å². The molecule has 0 saturated carbocycles. The molecule has 0 aliphatic carbocycles. The standard InChI is InChI=1S/C16H16ClNO5S/c1-11-4-3-5-12(8-11)23-16(19)10-18-24(20,21)13-6-7-15(22-2)14(17)9-13/h3-9,18H,10H2,1-2H3. The molecule has 0 amide bonds. The number of methoxy groups -OCH3 is 1. The summed E-state index contributed by atoms with van der Waals surface area (Å²) in [5.41, 5.74) is 0.925. The van der Waals surface area contributed by atoms with Crippen molar-refractivity contribution in [2.45, 2.75) is 11.8 Å². The molecule has 0 saturated heterocycles. The van der Waals surface area contributed by atoms with Crippen LogP contribution >= 0.6 is 11.6 Å². The minimum atomic E-state index is -3.89. The highest BCUT2D eigenvalue weighted by Crippen LogP contribution is 2.26. The molecule has 24 heavy (non-hydrogen) atoms. The van der Waals surface area contributed by atoms with Crippen molar-refractivity contribution in [1.29, 1.82) is 0 Å². The monoisotopic (exact) mass is 369 g/mol. The maximum atomic E-state index is 12.2. The number of aryl methyl sites for hydroxylation is 1. The first kappa shape index (κ1) is 18.3. The number of rotatable bonds is 6. The van der Waals surface area contributed by atoms with Crippen molar-refractivity contribution in [3.05, 3.63) is 53.1 Å². The van der Waals surface area contributed by atoms with Gasteiger partial charge in [0.15, 0.2) is 0 Å². The van der Waals surface area contributed by atoms with Gasteiger partial charge in [-0.2, -0.15) is 4.72 Å². The third-order valence-electron chi connectivity index (χ3n) is 3.06. The lowest BCUT2D eigenvalue weighted by Gasteiger charge is -2.09. The molecule has 0 bridgehead atoms. The van der Waals surface area contributed by atoms with Crippen molar-refractivity contribution in [2.24, 2.45) is 0 Å². The molecule has 2 rings (SSSR count). The highest BCUT2D eigenvalue weighted by atomic mass is 35.5. The zero-order valence-corrected chi connectivity index (χ0v) is 14.6. The lowest BCUT2D eigenvalue weighted by atomic mass is 10.2. The number of nitrogens with one attached hydrogen (secondary N) is 1. The average molecular weight is 370 g/mol. The van der Waals surface area contributed by atoms with Crippen LogP contribution in [0.1, 0.15) is 5.56 Å². The van der Waals surface area contributed by atoms with E-state index in [9.17, 15) is 13.2 Å². The highest BCUT2D eigenvalue weighted by molar-refractivity contribution is 7.89. The number of ether oxygens (including phenoxy) is 2. The molecule has 1 N–H and O–H groups in total. The van der Waals surface area contributed by atoms with E-state index >= 15 is 0 Å². The van der Waals surface area contributed by atoms with E-state index < -0.39 is 22.5 Å². The van der Waals surface area contributed by atoms with Crippen LogP contribution in [-0.4, -0.2) is 28.0 Å². The fourth-order valence-corrected chi connectivity index (χ4v) is 3.22. The van der Waals surface area contributed by atoms with Crippen LogP contribution in [0, 0.1) is 6.92 Å². The molecule has 0 radical (unpaired) electrons. The third kappa shape index (κ3) is 4.70. The lowest BCUT2D eigenvalue weighted by molar-refractivity contribution is -0.133. The Labute approximate surface area is 145 Å². The molecule has 0 heterocycles. The SMILES string of the molecule is COc1ccc(S(=O)(=O)NCC(=O)Oc2cccc(C)c2)cc1Cl. The minimum Gasteiger partial charge on any atom is -0.495 e. The number of halogens is 1. The van der Waals surface area contributed by atoms with E-state index in [0.717, 1.165) is 5.56 Å². The van der Waals surface area contributed by atoms with Gasteiger partial charge in [0.25, 0.3) is 0 Å². The number of carbonyl (C=O) groups is 1. The Bertz CT molecular complexity index is 851. The fraction of sp³-hybridized carbons (Fsp3) is 0.188. The lowest BCUT2D eigenvalue weighted by Crippen LogP contribution is -2.32. The van der Waals surface area contributed by atoms with E-state index in [1.165, 1.54) is 25.3 Å². The fourth-order valence-electron chi connectivity index (χ4n) is 1.90. The second kappa shape index (κ2) is 7.65. The Hall–Kier alpha value is -2.09. The minimum absolute atomic E-state index is 0.0725. The van der Waals surface area contributed by atoms with Gasteiger partial charge in [-0.1, -0.05) is 23.7 Å². The van der Waals surface area contributed by atoms with Gasteiger partial charge >= 0.3 is 5.97 Å². The molecular weight excluding hydrogens is 354 g/mol. The predicted molar refractivity (Wildman–Crippen MR) is 90.0 cm³/mol. The summed E-state index contributed by atoms with van der Waals surface area (Å²) in [6, 6.07) is 10.9. The third-order valence-corrected chi connectivity index (χ3v) is 4.76. The smallest absolute Gasteiger partial charge is 0.326 e. The second-order valence-electron chi connectivity index (χ2n) is 4.91. The van der Waals surface area contributed by atoms with Crippen molar-refractivity contribution in [3.8, 4) is 11.5 Å². The molecule has 2 aromatic rings. The summed E-state index contributed by atoms with van der Waals surface area (Å²) in [7, 11) is -2.47. The van der Waals surface area contributed by atoms with Crippen molar-refractivity contribution >= 4 is 27.6 Å². The van der Waals surface area contributed by atoms with E-state index in [2.05, 4.69) is 4.72 Å². The Morgan fingerprint density at radius 1 is 1.21 bits per heavy atom. The molecule has 128 valence electrons. The molecular formula is C16H16ClNO5S. The van der Waals surface area contributed by atoms with Crippen LogP contribution in [0.5, 0.6) is 11.5 Å². The Balaban J connectivity index is 2.02. The van der Waals surface area contributed by atoms with Gasteiger partial charge in [-0.05, 0) is 42.8 Å². The van der Waals surface area contributed by atoms with Crippen molar-refractivity contribution in [3.63, 3.8) is 0 Å². The normalized spacial score (nSPS) is 11.1. The maximum Gasteiger partial charge on any atom is 0.326 e. The Morgan fingerprint density at radius 2 is 1.96 bits per heavy atom. The van der Waals surface area contributed by atoms with E-state index in [1.807, 2.05) is 13.0 Å².